The Morgan fingerprint density at radius 2 is 1.90 bits per heavy atom. The van der Waals surface area contributed by atoms with Crippen LogP contribution in [0.25, 0.3) is 0 Å². The Morgan fingerprint density at radius 1 is 1.10 bits per heavy atom. The first kappa shape index (κ1) is 21.2. The lowest BCUT2D eigenvalue weighted by atomic mass is 9.75. The first-order valence-corrected chi connectivity index (χ1v) is 11.0. The predicted molar refractivity (Wildman–Crippen MR) is 116 cm³/mol. The van der Waals surface area contributed by atoms with Gasteiger partial charge >= 0.3 is 5.97 Å². The Bertz CT molecular complexity index is 929. The van der Waals surface area contributed by atoms with Crippen molar-refractivity contribution < 1.29 is 23.8 Å². The maximum Gasteiger partial charge on any atom is 0.313 e. The number of hydrogen-bond donors (Lipinski definition) is 0. The van der Waals surface area contributed by atoms with E-state index in [1.807, 2.05) is 25.1 Å². The van der Waals surface area contributed by atoms with Crippen LogP contribution in [0.4, 0.5) is 0 Å². The van der Waals surface area contributed by atoms with Gasteiger partial charge in [-0.2, -0.15) is 0 Å². The second-order valence-electron chi connectivity index (χ2n) is 8.24. The summed E-state index contributed by atoms with van der Waals surface area (Å²) in [6, 6.07) is 15.5. The van der Waals surface area contributed by atoms with Gasteiger partial charge in [0.05, 0.1) is 12.0 Å². The van der Waals surface area contributed by atoms with Gasteiger partial charge in [-0.15, -0.1) is 0 Å². The van der Waals surface area contributed by atoms with Gasteiger partial charge in [0.15, 0.2) is 11.5 Å². The Morgan fingerprint density at radius 3 is 2.71 bits per heavy atom. The summed E-state index contributed by atoms with van der Waals surface area (Å²) >= 11 is 0. The van der Waals surface area contributed by atoms with Gasteiger partial charge in [0, 0.05) is 18.7 Å². The molecule has 2 heterocycles. The standard InChI is InChI=1S/C25H29NO5/c1-2-29-24(28)25(13-6-10-19-8-4-3-5-9-19)14-7-15-26(17-25)23(27)20-11-12-21-22(16-20)31-18-30-21/h3-5,8-9,11-12,16H,2,6-7,10,13-15,17-18H2,1H3/t25-/m0/s1. The molecule has 164 valence electrons. The molecule has 31 heavy (non-hydrogen) atoms. The summed E-state index contributed by atoms with van der Waals surface area (Å²) in [6.45, 7) is 3.36. The van der Waals surface area contributed by atoms with Crippen molar-refractivity contribution in [2.24, 2.45) is 5.41 Å². The van der Waals surface area contributed by atoms with Crippen molar-refractivity contribution in [2.45, 2.75) is 39.0 Å². The van der Waals surface area contributed by atoms with Crippen molar-refractivity contribution in [3.05, 3.63) is 59.7 Å². The van der Waals surface area contributed by atoms with E-state index in [4.69, 9.17) is 14.2 Å². The van der Waals surface area contributed by atoms with E-state index in [0.29, 0.717) is 43.2 Å². The summed E-state index contributed by atoms with van der Waals surface area (Å²) in [4.78, 5) is 28.1. The average molecular weight is 424 g/mol. The van der Waals surface area contributed by atoms with Gasteiger partial charge in [0.2, 0.25) is 6.79 Å². The van der Waals surface area contributed by atoms with Crippen molar-refractivity contribution in [1.29, 1.82) is 0 Å². The number of aryl methyl sites for hydroxylation is 1. The Hall–Kier alpha value is -3.02. The van der Waals surface area contributed by atoms with Crippen molar-refractivity contribution in [1.82, 2.24) is 4.90 Å². The molecule has 2 aliphatic heterocycles. The van der Waals surface area contributed by atoms with Gasteiger partial charge in [-0.05, 0) is 62.8 Å². The third-order valence-electron chi connectivity index (χ3n) is 6.16. The monoisotopic (exact) mass is 423 g/mol. The fourth-order valence-corrected chi connectivity index (χ4v) is 4.55. The van der Waals surface area contributed by atoms with Gasteiger partial charge < -0.3 is 19.1 Å². The smallest absolute Gasteiger partial charge is 0.313 e. The van der Waals surface area contributed by atoms with Gasteiger partial charge in [-0.1, -0.05) is 30.3 Å². The number of likely N-dealkylation sites (tertiary alicyclic amines) is 1. The molecule has 1 saturated heterocycles. The third kappa shape index (κ3) is 4.68. The summed E-state index contributed by atoms with van der Waals surface area (Å²) in [6.07, 6.45) is 3.99. The van der Waals surface area contributed by atoms with Crippen molar-refractivity contribution >= 4 is 11.9 Å². The largest absolute Gasteiger partial charge is 0.466 e. The van der Waals surface area contributed by atoms with Crippen LogP contribution in [0.15, 0.2) is 48.5 Å². The van der Waals surface area contributed by atoms with Crippen LogP contribution >= 0.6 is 0 Å². The molecule has 1 fully saturated rings. The maximum atomic E-state index is 13.2. The molecule has 0 aliphatic carbocycles. The SMILES string of the molecule is CCOC(=O)[C@@]1(CCCc2ccccc2)CCCN(C(=O)c2ccc3c(c2)OCO3)C1. The first-order chi connectivity index (χ1) is 15.1. The molecule has 0 N–H and O–H groups in total. The molecule has 0 bridgehead atoms. The molecular weight excluding hydrogens is 394 g/mol. The van der Waals surface area contributed by atoms with Gasteiger partial charge in [-0.3, -0.25) is 9.59 Å². The summed E-state index contributed by atoms with van der Waals surface area (Å²) in [7, 11) is 0. The van der Waals surface area contributed by atoms with Gasteiger partial charge in [-0.25, -0.2) is 0 Å². The van der Waals surface area contributed by atoms with Crippen LogP contribution < -0.4 is 9.47 Å². The number of piperidine rings is 1. The van der Waals surface area contributed by atoms with Crippen molar-refractivity contribution in [2.75, 3.05) is 26.5 Å². The highest BCUT2D eigenvalue weighted by atomic mass is 16.7. The summed E-state index contributed by atoms with van der Waals surface area (Å²) in [5, 5.41) is 0. The molecule has 0 aromatic heterocycles. The number of nitrogens with zero attached hydrogens (tertiary/aromatic N) is 1. The molecule has 0 spiro atoms. The van der Waals surface area contributed by atoms with E-state index in [-0.39, 0.29) is 18.7 Å². The Balaban J connectivity index is 1.48. The van der Waals surface area contributed by atoms with Gasteiger partial charge in [0.1, 0.15) is 0 Å². The topological polar surface area (TPSA) is 65.1 Å². The van der Waals surface area contributed by atoms with Gasteiger partial charge in [0.25, 0.3) is 5.91 Å². The number of esters is 1. The predicted octanol–water partition coefficient (Wildman–Crippen LogP) is 4.22. The fourth-order valence-electron chi connectivity index (χ4n) is 4.55. The molecule has 6 nitrogen and oxygen atoms in total. The number of amides is 1. The lowest BCUT2D eigenvalue weighted by Gasteiger charge is -2.41. The number of benzene rings is 2. The molecule has 0 saturated carbocycles. The van der Waals surface area contributed by atoms with Crippen LogP contribution in [0.2, 0.25) is 0 Å². The number of carbonyl (C=O) groups is 2. The minimum absolute atomic E-state index is 0.0882. The minimum atomic E-state index is -0.658. The van der Waals surface area contributed by atoms with E-state index in [2.05, 4.69) is 12.1 Å². The number of rotatable bonds is 7. The summed E-state index contributed by atoms with van der Waals surface area (Å²) < 4.78 is 16.2. The zero-order chi connectivity index (χ0) is 21.7. The van der Waals surface area contributed by atoms with Crippen LogP contribution in [0.1, 0.15) is 48.5 Å². The highest BCUT2D eigenvalue weighted by molar-refractivity contribution is 5.95. The molecule has 1 atom stereocenters. The van der Waals surface area contributed by atoms with Crippen LogP contribution in [-0.4, -0.2) is 43.3 Å². The van der Waals surface area contributed by atoms with E-state index >= 15 is 0 Å². The molecule has 1 amide bonds. The van der Waals surface area contributed by atoms with Crippen LogP contribution in [0.5, 0.6) is 11.5 Å². The Kier molecular flexibility index (Phi) is 6.44. The van der Waals surface area contributed by atoms with E-state index in [1.165, 1.54) is 5.56 Å². The number of hydrogen-bond acceptors (Lipinski definition) is 5. The van der Waals surface area contributed by atoms with E-state index < -0.39 is 5.41 Å². The number of carbonyl (C=O) groups excluding carboxylic acids is 2. The zero-order valence-corrected chi connectivity index (χ0v) is 18.0. The molecule has 2 aromatic rings. The second-order valence-corrected chi connectivity index (χ2v) is 8.24. The second kappa shape index (κ2) is 9.41. The summed E-state index contributed by atoms with van der Waals surface area (Å²) in [5.74, 6) is 0.959. The number of fused-ring (bicyclic) bond motifs is 1. The first-order valence-electron chi connectivity index (χ1n) is 11.0. The lowest BCUT2D eigenvalue weighted by molar-refractivity contribution is -0.159. The zero-order valence-electron chi connectivity index (χ0n) is 18.0. The molecule has 6 heteroatoms. The van der Waals surface area contributed by atoms with E-state index in [0.717, 1.165) is 25.7 Å². The quantitative estimate of drug-likeness (QED) is 0.624. The highest BCUT2D eigenvalue weighted by Crippen LogP contribution is 2.38. The van der Waals surface area contributed by atoms with Crippen molar-refractivity contribution in [3.63, 3.8) is 0 Å². The lowest BCUT2D eigenvalue weighted by Crippen LogP contribution is -2.50. The molecule has 4 rings (SSSR count). The molecular formula is C25H29NO5. The fraction of sp³-hybridized carbons (Fsp3) is 0.440. The maximum absolute atomic E-state index is 13.2. The molecule has 0 unspecified atom stereocenters. The average Bonchev–Trinajstić information content (AvgIpc) is 3.27. The number of ether oxygens (including phenoxy) is 3. The molecule has 2 aliphatic rings. The van der Waals surface area contributed by atoms with Crippen LogP contribution in [-0.2, 0) is 16.0 Å². The van der Waals surface area contributed by atoms with Crippen LogP contribution in [0.3, 0.4) is 0 Å². The highest BCUT2D eigenvalue weighted by Gasteiger charge is 2.44. The third-order valence-corrected chi connectivity index (χ3v) is 6.16. The van der Waals surface area contributed by atoms with Crippen molar-refractivity contribution in [3.8, 4) is 11.5 Å². The molecule has 2 aromatic carbocycles. The van der Waals surface area contributed by atoms with E-state index in [1.54, 1.807) is 23.1 Å². The Labute approximate surface area is 183 Å². The normalized spacial score (nSPS) is 19.8. The molecule has 0 radical (unpaired) electrons. The summed E-state index contributed by atoms with van der Waals surface area (Å²) in [5.41, 5.74) is 1.15. The van der Waals surface area contributed by atoms with E-state index in [9.17, 15) is 9.59 Å². The van der Waals surface area contributed by atoms with Crippen LogP contribution in [0, 0.1) is 5.41 Å². The minimum Gasteiger partial charge on any atom is -0.466 e.